The van der Waals surface area contributed by atoms with Gasteiger partial charge in [-0.1, -0.05) is 13.8 Å². The maximum absolute atomic E-state index is 12.2. The van der Waals surface area contributed by atoms with Gasteiger partial charge < -0.3 is 14.6 Å². The van der Waals surface area contributed by atoms with Crippen molar-refractivity contribution in [3.63, 3.8) is 0 Å². The van der Waals surface area contributed by atoms with Gasteiger partial charge in [0.05, 0.1) is 13.1 Å². The summed E-state index contributed by atoms with van der Waals surface area (Å²) in [5.41, 5.74) is 0. The van der Waals surface area contributed by atoms with Crippen LogP contribution in [-0.4, -0.2) is 110 Å². The van der Waals surface area contributed by atoms with Crippen molar-refractivity contribution in [2.24, 2.45) is 11.8 Å². The third kappa shape index (κ3) is 8.23. The molecule has 0 aromatic rings. The fraction of sp³-hybridized carbons (Fsp3) is 0.895. The van der Waals surface area contributed by atoms with E-state index in [9.17, 15) is 9.59 Å². The molecule has 8 nitrogen and oxygen atoms in total. The minimum Gasteiger partial charge on any atom is -0.372 e. The molecular formula is C19H37N5O3. The van der Waals surface area contributed by atoms with E-state index in [1.54, 1.807) is 0 Å². The lowest BCUT2D eigenvalue weighted by Gasteiger charge is -2.35. The van der Waals surface area contributed by atoms with E-state index in [1.807, 2.05) is 13.8 Å². The molecule has 2 aliphatic heterocycles. The van der Waals surface area contributed by atoms with Crippen molar-refractivity contribution in [1.29, 1.82) is 0 Å². The number of hydrogen-bond donors (Lipinski definition) is 1. The van der Waals surface area contributed by atoms with Gasteiger partial charge in [-0.05, 0) is 32.5 Å². The number of hydrogen-bond acceptors (Lipinski definition) is 8. The van der Waals surface area contributed by atoms with E-state index in [0.29, 0.717) is 12.3 Å². The van der Waals surface area contributed by atoms with Crippen LogP contribution in [0.15, 0.2) is 0 Å². The van der Waals surface area contributed by atoms with Gasteiger partial charge in [-0.15, -0.1) is 0 Å². The molecule has 2 fully saturated rings. The van der Waals surface area contributed by atoms with E-state index in [0.717, 1.165) is 78.3 Å². The minimum absolute atomic E-state index is 0.102. The zero-order chi connectivity index (χ0) is 19.6. The topological polar surface area (TPSA) is 82.4 Å². The summed E-state index contributed by atoms with van der Waals surface area (Å²) < 4.78 is 0. The zero-order valence-electron chi connectivity index (χ0n) is 17.1. The average molecular weight is 384 g/mol. The molecule has 2 atom stereocenters. The highest BCUT2D eigenvalue weighted by molar-refractivity contribution is 5.82. The maximum atomic E-state index is 12.2. The van der Waals surface area contributed by atoms with Crippen LogP contribution >= 0.6 is 0 Å². The molecule has 0 aliphatic carbocycles. The van der Waals surface area contributed by atoms with Gasteiger partial charge in [-0.25, -0.2) is 4.79 Å². The van der Waals surface area contributed by atoms with Crippen LogP contribution in [0.3, 0.4) is 0 Å². The Labute approximate surface area is 163 Å². The van der Waals surface area contributed by atoms with Crippen LogP contribution in [0.5, 0.6) is 0 Å². The molecule has 2 N–H and O–H groups in total. The predicted octanol–water partition coefficient (Wildman–Crippen LogP) is -0.356. The molecule has 2 heterocycles. The van der Waals surface area contributed by atoms with Crippen LogP contribution in [0.1, 0.15) is 26.7 Å². The van der Waals surface area contributed by atoms with Crippen LogP contribution < -0.4 is 5.90 Å². The second-order valence-electron chi connectivity index (χ2n) is 8.05. The summed E-state index contributed by atoms with van der Waals surface area (Å²) in [6.07, 6.45) is 2.08. The highest BCUT2D eigenvalue weighted by atomic mass is 16.7. The number of Topliss-reactive ketones (excluding diaryl/α,β-unsaturated/α-hetero) is 1. The van der Waals surface area contributed by atoms with Crippen LogP contribution in [0, 0.1) is 5.92 Å². The highest BCUT2D eigenvalue weighted by Crippen LogP contribution is 2.07. The van der Waals surface area contributed by atoms with Crippen molar-refractivity contribution in [2.45, 2.75) is 26.7 Å². The molecule has 0 amide bonds. The fourth-order valence-electron chi connectivity index (χ4n) is 3.72. The maximum Gasteiger partial charge on any atom is 0.338 e. The van der Waals surface area contributed by atoms with Crippen molar-refractivity contribution in [1.82, 2.24) is 19.6 Å². The Hall–Kier alpha value is -1.06. The van der Waals surface area contributed by atoms with E-state index in [-0.39, 0.29) is 18.4 Å². The van der Waals surface area contributed by atoms with E-state index in [4.69, 9.17) is 5.90 Å². The van der Waals surface area contributed by atoms with Gasteiger partial charge in [0, 0.05) is 51.7 Å². The monoisotopic (exact) mass is 383 g/mol. The number of ketones is 1. The third-order valence-corrected chi connectivity index (χ3v) is 5.60. The number of carbonyl (C=O) groups excluding carboxylic acids is 2. The van der Waals surface area contributed by atoms with Crippen molar-refractivity contribution in [3.8, 4) is 0 Å². The first kappa shape index (κ1) is 22.2. The lowest BCUT2D eigenvalue weighted by atomic mass is 10.1. The van der Waals surface area contributed by atoms with Crippen molar-refractivity contribution >= 4 is 11.8 Å². The Morgan fingerprint density at radius 2 is 1.26 bits per heavy atom. The number of rotatable bonds is 5. The standard InChI is InChI=1S/C19H37N5O3/c1-17(2)18(25)15-23-7-3-5-22-10-9-21(11-13-23)6-4-8-24(14-12-22)16-19(26)27-20/h17H,3-16,20H2,1-2H3. The molecule has 8 heteroatoms. The number of nitrogens with two attached hydrogens (primary N) is 1. The zero-order valence-corrected chi connectivity index (χ0v) is 17.1. The normalized spacial score (nSPS) is 26.7. The molecule has 0 aromatic heterocycles. The number of carbonyl (C=O) groups is 2. The number of fused-ring (bicyclic) bond motifs is 3. The van der Waals surface area contributed by atoms with Gasteiger partial charge >= 0.3 is 5.97 Å². The van der Waals surface area contributed by atoms with Gasteiger partial charge in [-0.2, -0.15) is 5.90 Å². The Kier molecular flexibility index (Phi) is 9.64. The molecule has 2 rings (SSSR count). The molecule has 0 radical (unpaired) electrons. The summed E-state index contributed by atoms with van der Waals surface area (Å²) in [5, 5.41) is 0. The molecule has 156 valence electrons. The molecule has 2 saturated heterocycles. The summed E-state index contributed by atoms with van der Waals surface area (Å²) in [6.45, 7) is 14.5. The van der Waals surface area contributed by atoms with E-state index >= 15 is 0 Å². The highest BCUT2D eigenvalue weighted by Gasteiger charge is 2.20. The molecule has 2 unspecified atom stereocenters. The predicted molar refractivity (Wildman–Crippen MR) is 105 cm³/mol. The van der Waals surface area contributed by atoms with E-state index < -0.39 is 0 Å². The van der Waals surface area contributed by atoms with Crippen molar-refractivity contribution < 1.29 is 14.4 Å². The quantitative estimate of drug-likeness (QED) is 0.645. The van der Waals surface area contributed by atoms with Crippen LogP contribution in [0.25, 0.3) is 0 Å². The van der Waals surface area contributed by atoms with Crippen LogP contribution in [-0.2, 0) is 14.4 Å². The lowest BCUT2D eigenvalue weighted by Crippen LogP contribution is -2.48. The first-order valence-corrected chi connectivity index (χ1v) is 10.3. The smallest absolute Gasteiger partial charge is 0.338 e. The Balaban J connectivity index is 1.95. The summed E-state index contributed by atoms with van der Waals surface area (Å²) in [4.78, 5) is 37.5. The summed E-state index contributed by atoms with van der Waals surface area (Å²) in [5.74, 6) is 5.06. The number of nitrogens with zero attached hydrogens (tertiary/aromatic N) is 4. The Morgan fingerprint density at radius 1 is 0.778 bits per heavy atom. The van der Waals surface area contributed by atoms with Gasteiger partial charge in [0.25, 0.3) is 0 Å². The van der Waals surface area contributed by atoms with Crippen LogP contribution in [0.4, 0.5) is 0 Å². The summed E-state index contributed by atoms with van der Waals surface area (Å²) >= 11 is 0. The van der Waals surface area contributed by atoms with Crippen molar-refractivity contribution in [2.75, 3.05) is 78.5 Å². The molecular weight excluding hydrogens is 346 g/mol. The van der Waals surface area contributed by atoms with Gasteiger partial charge in [0.1, 0.15) is 5.78 Å². The summed E-state index contributed by atoms with van der Waals surface area (Å²) in [6, 6.07) is 0. The van der Waals surface area contributed by atoms with Crippen molar-refractivity contribution in [3.05, 3.63) is 0 Å². The Morgan fingerprint density at radius 3 is 1.74 bits per heavy atom. The van der Waals surface area contributed by atoms with Gasteiger partial charge in [0.2, 0.25) is 0 Å². The van der Waals surface area contributed by atoms with E-state index in [1.165, 1.54) is 0 Å². The third-order valence-electron chi connectivity index (χ3n) is 5.60. The minimum atomic E-state index is -0.373. The largest absolute Gasteiger partial charge is 0.372 e. The molecule has 2 aliphatic rings. The fourth-order valence-corrected chi connectivity index (χ4v) is 3.72. The van der Waals surface area contributed by atoms with Crippen LogP contribution in [0.2, 0.25) is 0 Å². The lowest BCUT2D eigenvalue weighted by molar-refractivity contribution is -0.145. The molecule has 27 heavy (non-hydrogen) atoms. The summed E-state index contributed by atoms with van der Waals surface area (Å²) in [7, 11) is 0. The Bertz CT molecular complexity index is 474. The van der Waals surface area contributed by atoms with Gasteiger partial charge in [0.15, 0.2) is 0 Å². The van der Waals surface area contributed by atoms with Gasteiger partial charge in [-0.3, -0.25) is 14.6 Å². The molecule has 2 bridgehead atoms. The molecule has 0 spiro atoms. The second kappa shape index (κ2) is 11.7. The first-order chi connectivity index (χ1) is 13.0. The molecule has 0 saturated carbocycles. The molecule has 0 aromatic carbocycles. The van der Waals surface area contributed by atoms with E-state index in [2.05, 4.69) is 24.4 Å². The SMILES string of the molecule is CC(C)C(=O)CN1CCCN2CCN(CCCN(CC(=O)ON)CC2)CC1. The average Bonchev–Trinajstić information content (AvgIpc) is 2.65. The second-order valence-corrected chi connectivity index (χ2v) is 8.05. The first-order valence-electron chi connectivity index (χ1n) is 10.3.